The second-order valence-electron chi connectivity index (χ2n) is 7.09. The van der Waals surface area contributed by atoms with Crippen molar-refractivity contribution in [2.45, 2.75) is 32.9 Å². The Balaban J connectivity index is 1.85. The van der Waals surface area contributed by atoms with E-state index in [1.54, 1.807) is 0 Å². The van der Waals surface area contributed by atoms with Crippen LogP contribution in [-0.4, -0.2) is 5.91 Å². The maximum atomic E-state index is 13.2. The predicted molar refractivity (Wildman–Crippen MR) is 111 cm³/mol. The van der Waals surface area contributed by atoms with Crippen LogP contribution in [0.4, 0.5) is 5.69 Å². The van der Waals surface area contributed by atoms with Gasteiger partial charge in [-0.25, -0.2) is 0 Å². The van der Waals surface area contributed by atoms with E-state index in [1.165, 1.54) is 5.56 Å². The Morgan fingerprint density at radius 1 is 0.852 bits per heavy atom. The van der Waals surface area contributed by atoms with Crippen LogP contribution in [0, 0.1) is 13.8 Å². The number of quaternary nitrogens is 1. The van der Waals surface area contributed by atoms with Crippen molar-refractivity contribution < 1.29 is 10.1 Å². The molecule has 3 aromatic carbocycles. The van der Waals surface area contributed by atoms with E-state index in [0.717, 1.165) is 22.4 Å². The first kappa shape index (κ1) is 18.9. The smallest absolute Gasteiger partial charge is 0.287 e. The first-order chi connectivity index (χ1) is 13.0. The van der Waals surface area contributed by atoms with E-state index in [9.17, 15) is 4.79 Å². The van der Waals surface area contributed by atoms with Gasteiger partial charge in [0.05, 0.1) is 0 Å². The van der Waals surface area contributed by atoms with E-state index in [-0.39, 0.29) is 18.0 Å². The lowest BCUT2D eigenvalue weighted by Gasteiger charge is -2.21. The maximum Gasteiger partial charge on any atom is 0.287 e. The summed E-state index contributed by atoms with van der Waals surface area (Å²) in [5.41, 5.74) is 5.29. The number of benzene rings is 3. The number of nitrogens with one attached hydrogen (secondary N) is 1. The van der Waals surface area contributed by atoms with Crippen molar-refractivity contribution in [3.05, 3.63) is 101 Å². The van der Waals surface area contributed by atoms with Crippen LogP contribution >= 0.6 is 0 Å². The molecule has 0 unspecified atom stereocenters. The van der Waals surface area contributed by atoms with Gasteiger partial charge in [0, 0.05) is 16.8 Å². The highest BCUT2D eigenvalue weighted by molar-refractivity contribution is 5.95. The number of carbonyl (C=O) groups excluding carboxylic acids is 1. The molecule has 3 aromatic rings. The third kappa shape index (κ3) is 4.83. The van der Waals surface area contributed by atoms with Crippen LogP contribution in [0.25, 0.3) is 0 Å². The first-order valence-corrected chi connectivity index (χ1v) is 9.37. The Labute approximate surface area is 161 Å². The molecule has 0 aliphatic rings. The summed E-state index contributed by atoms with van der Waals surface area (Å²) < 4.78 is 0. The number of hydrogen-bond donors (Lipinski definition) is 2. The van der Waals surface area contributed by atoms with Gasteiger partial charge >= 0.3 is 0 Å². The van der Waals surface area contributed by atoms with E-state index in [2.05, 4.69) is 35.8 Å². The van der Waals surface area contributed by atoms with Gasteiger partial charge in [-0.2, -0.15) is 0 Å². The summed E-state index contributed by atoms with van der Waals surface area (Å²) >= 11 is 0. The highest BCUT2D eigenvalue weighted by atomic mass is 16.2. The van der Waals surface area contributed by atoms with Gasteiger partial charge < -0.3 is 10.6 Å². The van der Waals surface area contributed by atoms with Crippen LogP contribution in [0.3, 0.4) is 0 Å². The number of amides is 1. The van der Waals surface area contributed by atoms with E-state index in [1.807, 2.05) is 74.5 Å². The zero-order chi connectivity index (χ0) is 19.2. The molecule has 0 saturated heterocycles. The van der Waals surface area contributed by atoms with Crippen molar-refractivity contribution >= 4 is 11.6 Å². The second kappa shape index (κ2) is 8.65. The van der Waals surface area contributed by atoms with Gasteiger partial charge in [-0.15, -0.1) is 0 Å². The van der Waals surface area contributed by atoms with Crippen LogP contribution < -0.4 is 10.6 Å². The lowest BCUT2D eigenvalue weighted by atomic mass is 10.0. The number of aryl methyl sites for hydroxylation is 2. The third-order valence-corrected chi connectivity index (χ3v) is 4.90. The predicted octanol–water partition coefficient (Wildman–Crippen LogP) is 4.31. The number of rotatable bonds is 6. The van der Waals surface area contributed by atoms with Crippen molar-refractivity contribution in [1.82, 2.24) is 0 Å². The van der Waals surface area contributed by atoms with E-state index >= 15 is 0 Å². The molecule has 0 fully saturated rings. The Morgan fingerprint density at radius 3 is 2.07 bits per heavy atom. The quantitative estimate of drug-likeness (QED) is 0.677. The van der Waals surface area contributed by atoms with Gasteiger partial charge in [-0.3, -0.25) is 4.79 Å². The fourth-order valence-corrected chi connectivity index (χ4v) is 3.25. The van der Waals surface area contributed by atoms with Crippen molar-refractivity contribution in [2.75, 3.05) is 5.32 Å². The maximum absolute atomic E-state index is 13.2. The fraction of sp³-hybridized carbons (Fsp3) is 0.208. The molecule has 0 heterocycles. The van der Waals surface area contributed by atoms with E-state index in [4.69, 9.17) is 0 Å². The molecule has 3 rings (SSSR count). The lowest BCUT2D eigenvalue weighted by molar-refractivity contribution is -0.718. The van der Waals surface area contributed by atoms with Crippen molar-refractivity contribution in [3.8, 4) is 0 Å². The van der Waals surface area contributed by atoms with E-state index < -0.39 is 0 Å². The normalized spacial score (nSPS) is 13.0. The second-order valence-corrected chi connectivity index (χ2v) is 7.09. The molecular formula is C24H27N2O+. The molecule has 27 heavy (non-hydrogen) atoms. The number of anilines is 1. The molecule has 1 amide bonds. The molecule has 0 aliphatic heterocycles. The zero-order valence-electron chi connectivity index (χ0n) is 16.1. The summed E-state index contributed by atoms with van der Waals surface area (Å²) in [7, 11) is 0. The molecule has 0 saturated carbocycles. The summed E-state index contributed by atoms with van der Waals surface area (Å²) in [6.45, 7) is 6.19. The van der Waals surface area contributed by atoms with Gasteiger partial charge in [0.15, 0.2) is 6.04 Å². The molecule has 0 spiro atoms. The van der Waals surface area contributed by atoms with Gasteiger partial charge in [0.2, 0.25) is 0 Å². The SMILES string of the molecule is Cc1ccc(C)c(NC(=O)[C@@H]([NH2+][C@H](C)c2ccccc2)c2ccccc2)c1. The summed E-state index contributed by atoms with van der Waals surface area (Å²) in [6.07, 6.45) is 0. The highest BCUT2D eigenvalue weighted by Gasteiger charge is 2.27. The molecule has 3 N–H and O–H groups in total. The van der Waals surface area contributed by atoms with Gasteiger partial charge in [-0.05, 0) is 38.0 Å². The number of carbonyl (C=O) groups is 1. The molecule has 0 aliphatic carbocycles. The summed E-state index contributed by atoms with van der Waals surface area (Å²) in [6, 6.07) is 26.2. The molecule has 0 bridgehead atoms. The average Bonchev–Trinajstić information content (AvgIpc) is 2.70. The van der Waals surface area contributed by atoms with Crippen LogP contribution in [0.15, 0.2) is 78.9 Å². The molecule has 138 valence electrons. The van der Waals surface area contributed by atoms with Crippen LogP contribution in [0.2, 0.25) is 0 Å². The van der Waals surface area contributed by atoms with Gasteiger partial charge in [0.1, 0.15) is 6.04 Å². The number of hydrogen-bond acceptors (Lipinski definition) is 1. The standard InChI is InChI=1S/C24H26N2O/c1-17-14-15-18(2)22(16-17)26-24(27)23(21-12-8-5-9-13-21)25-19(3)20-10-6-4-7-11-20/h4-16,19,23,25H,1-3H3,(H,26,27)/p+1/t19-,23+/m1/s1. The van der Waals surface area contributed by atoms with Crippen LogP contribution in [0.5, 0.6) is 0 Å². The van der Waals surface area contributed by atoms with Crippen molar-refractivity contribution in [1.29, 1.82) is 0 Å². The third-order valence-electron chi connectivity index (χ3n) is 4.90. The van der Waals surface area contributed by atoms with Crippen LogP contribution in [0.1, 0.15) is 41.3 Å². The Kier molecular flexibility index (Phi) is 6.05. The average molecular weight is 359 g/mol. The lowest BCUT2D eigenvalue weighted by Crippen LogP contribution is -2.87. The van der Waals surface area contributed by atoms with E-state index in [0.29, 0.717) is 0 Å². The molecule has 3 heteroatoms. The minimum Gasteiger partial charge on any atom is -0.326 e. The molecule has 0 radical (unpaired) electrons. The van der Waals surface area contributed by atoms with Crippen molar-refractivity contribution in [2.24, 2.45) is 0 Å². The Hall–Kier alpha value is -2.91. The topological polar surface area (TPSA) is 45.7 Å². The zero-order valence-corrected chi connectivity index (χ0v) is 16.1. The largest absolute Gasteiger partial charge is 0.326 e. The fourth-order valence-electron chi connectivity index (χ4n) is 3.25. The monoisotopic (exact) mass is 359 g/mol. The molecule has 0 aromatic heterocycles. The van der Waals surface area contributed by atoms with Crippen LogP contribution in [-0.2, 0) is 4.79 Å². The number of nitrogens with two attached hydrogens (primary N) is 1. The van der Waals surface area contributed by atoms with Crippen molar-refractivity contribution in [3.63, 3.8) is 0 Å². The first-order valence-electron chi connectivity index (χ1n) is 9.37. The Morgan fingerprint density at radius 2 is 1.44 bits per heavy atom. The minimum absolute atomic E-state index is 0.00215. The summed E-state index contributed by atoms with van der Waals surface area (Å²) in [5.74, 6) is -0.00215. The molecular weight excluding hydrogens is 332 g/mol. The molecule has 2 atom stereocenters. The summed E-state index contributed by atoms with van der Waals surface area (Å²) in [5, 5.41) is 5.27. The highest BCUT2D eigenvalue weighted by Crippen LogP contribution is 2.19. The van der Waals surface area contributed by atoms with Gasteiger partial charge in [-0.1, -0.05) is 72.8 Å². The summed E-state index contributed by atoms with van der Waals surface area (Å²) in [4.78, 5) is 13.2. The minimum atomic E-state index is -0.318. The Bertz CT molecular complexity index is 891. The molecule has 3 nitrogen and oxygen atoms in total. The van der Waals surface area contributed by atoms with Gasteiger partial charge in [0.25, 0.3) is 5.91 Å².